The second kappa shape index (κ2) is 8.11. The van der Waals surface area contributed by atoms with Gasteiger partial charge >= 0.3 is 0 Å². The van der Waals surface area contributed by atoms with Gasteiger partial charge in [-0.05, 0) is 44.1 Å². The Bertz CT molecular complexity index is 522. The Morgan fingerprint density at radius 1 is 1.35 bits per heavy atom. The molecule has 1 saturated heterocycles. The Morgan fingerprint density at radius 2 is 2.17 bits per heavy atom. The first-order valence-electron chi connectivity index (χ1n) is 8.45. The van der Waals surface area contributed by atoms with Gasteiger partial charge in [0.1, 0.15) is 0 Å². The first-order valence-corrected chi connectivity index (χ1v) is 8.45. The van der Waals surface area contributed by atoms with Crippen LogP contribution in [-0.4, -0.2) is 40.6 Å². The van der Waals surface area contributed by atoms with E-state index in [1.165, 1.54) is 0 Å². The van der Waals surface area contributed by atoms with Crippen molar-refractivity contribution in [3.8, 4) is 0 Å². The van der Waals surface area contributed by atoms with Crippen LogP contribution in [-0.2, 0) is 11.2 Å². The quantitative estimate of drug-likeness (QED) is 0.904. The van der Waals surface area contributed by atoms with Crippen LogP contribution in [0.1, 0.15) is 43.8 Å². The molecule has 6 nitrogen and oxygen atoms in total. The third-order valence-corrected chi connectivity index (χ3v) is 5.15. The van der Waals surface area contributed by atoms with Crippen molar-refractivity contribution in [3.63, 3.8) is 0 Å². The number of hydrogen-bond donors (Lipinski definition) is 1. The molecule has 0 spiro atoms. The van der Waals surface area contributed by atoms with E-state index in [1.54, 1.807) is 6.92 Å². The molecule has 0 radical (unpaired) electrons. The number of amides is 1. The second-order valence-electron chi connectivity index (χ2n) is 6.76. The zero-order chi connectivity index (χ0) is 15.5. The highest BCUT2D eigenvalue weighted by molar-refractivity contribution is 5.85. The summed E-state index contributed by atoms with van der Waals surface area (Å²) in [7, 11) is 0. The van der Waals surface area contributed by atoms with E-state index in [9.17, 15) is 4.79 Å². The molecule has 2 fully saturated rings. The zero-order valence-corrected chi connectivity index (χ0v) is 14.6. The number of likely N-dealkylation sites (tertiary alicyclic amines) is 1. The lowest BCUT2D eigenvalue weighted by atomic mass is 9.90. The number of hydrogen-bond acceptors (Lipinski definition) is 5. The van der Waals surface area contributed by atoms with E-state index in [-0.39, 0.29) is 18.3 Å². The van der Waals surface area contributed by atoms with E-state index < -0.39 is 0 Å². The summed E-state index contributed by atoms with van der Waals surface area (Å²) in [6.45, 7) is 4.14. The average molecular weight is 343 g/mol. The number of rotatable bonds is 4. The summed E-state index contributed by atoms with van der Waals surface area (Å²) >= 11 is 0. The number of nitrogens with two attached hydrogens (primary N) is 1. The summed E-state index contributed by atoms with van der Waals surface area (Å²) in [6, 6.07) is 0. The van der Waals surface area contributed by atoms with E-state index in [2.05, 4.69) is 15.0 Å². The second-order valence-corrected chi connectivity index (χ2v) is 6.76. The number of halogens is 1. The van der Waals surface area contributed by atoms with Crippen molar-refractivity contribution >= 4 is 18.3 Å². The molecular formula is C16H27ClN4O2. The highest BCUT2D eigenvalue weighted by Gasteiger charge is 2.36. The molecule has 0 bridgehead atoms. The molecule has 2 N–H and O–H groups in total. The summed E-state index contributed by atoms with van der Waals surface area (Å²) in [5.41, 5.74) is 5.83. The van der Waals surface area contributed by atoms with Crippen LogP contribution in [0.25, 0.3) is 0 Å². The van der Waals surface area contributed by atoms with Crippen molar-refractivity contribution in [2.45, 2.75) is 45.4 Å². The minimum absolute atomic E-state index is 0. The van der Waals surface area contributed by atoms with Gasteiger partial charge in [0.15, 0.2) is 5.82 Å². The molecule has 1 aromatic heterocycles. The van der Waals surface area contributed by atoms with Crippen molar-refractivity contribution in [1.82, 2.24) is 15.0 Å². The number of carbonyl (C=O) groups is 1. The number of nitrogens with zero attached hydrogens (tertiary/aromatic N) is 3. The number of carbonyl (C=O) groups excluding carboxylic acids is 1. The molecule has 1 amide bonds. The molecule has 1 aliphatic carbocycles. The smallest absolute Gasteiger partial charge is 0.226 e. The highest BCUT2D eigenvalue weighted by Crippen LogP contribution is 2.33. The Labute approximate surface area is 143 Å². The summed E-state index contributed by atoms with van der Waals surface area (Å²) in [6.07, 6.45) is 6.23. The Balaban J connectivity index is 0.00000192. The van der Waals surface area contributed by atoms with Crippen LogP contribution in [0.3, 0.4) is 0 Å². The molecule has 3 rings (SSSR count). The van der Waals surface area contributed by atoms with Gasteiger partial charge in [0.05, 0.1) is 0 Å². The number of aryl methyl sites for hydroxylation is 1. The van der Waals surface area contributed by atoms with Crippen LogP contribution in [0.15, 0.2) is 4.52 Å². The van der Waals surface area contributed by atoms with E-state index >= 15 is 0 Å². The minimum atomic E-state index is 0. The van der Waals surface area contributed by atoms with Crippen LogP contribution >= 0.6 is 12.4 Å². The van der Waals surface area contributed by atoms with Gasteiger partial charge in [0.25, 0.3) is 0 Å². The molecule has 23 heavy (non-hydrogen) atoms. The maximum absolute atomic E-state index is 12.8. The molecule has 7 heteroatoms. The van der Waals surface area contributed by atoms with Gasteiger partial charge in [-0.25, -0.2) is 0 Å². The molecule has 1 unspecified atom stereocenters. The van der Waals surface area contributed by atoms with Crippen molar-refractivity contribution in [2.75, 3.05) is 19.6 Å². The van der Waals surface area contributed by atoms with Crippen LogP contribution in [0.4, 0.5) is 0 Å². The fourth-order valence-corrected chi connectivity index (χ4v) is 3.99. The lowest BCUT2D eigenvalue weighted by Gasteiger charge is -2.35. The van der Waals surface area contributed by atoms with Gasteiger partial charge in [-0.1, -0.05) is 11.6 Å². The minimum Gasteiger partial charge on any atom is -0.342 e. The molecule has 0 aromatic carbocycles. The maximum atomic E-state index is 12.8. The lowest BCUT2D eigenvalue weighted by Crippen LogP contribution is -2.45. The van der Waals surface area contributed by atoms with Crippen molar-refractivity contribution in [2.24, 2.45) is 23.5 Å². The third kappa shape index (κ3) is 4.23. The fourth-order valence-electron chi connectivity index (χ4n) is 3.99. The maximum Gasteiger partial charge on any atom is 0.226 e. The molecule has 130 valence electrons. The van der Waals surface area contributed by atoms with Gasteiger partial charge in [-0.15, -0.1) is 12.4 Å². The van der Waals surface area contributed by atoms with Crippen LogP contribution in [0.5, 0.6) is 0 Å². The normalized spacial score (nSPS) is 27.7. The van der Waals surface area contributed by atoms with Crippen molar-refractivity contribution < 1.29 is 9.32 Å². The summed E-state index contributed by atoms with van der Waals surface area (Å²) < 4.78 is 5.03. The van der Waals surface area contributed by atoms with Gasteiger partial charge in [-0.2, -0.15) is 4.98 Å². The predicted molar refractivity (Wildman–Crippen MR) is 89.2 cm³/mol. The number of aromatic nitrogens is 2. The van der Waals surface area contributed by atoms with Crippen LogP contribution in [0, 0.1) is 24.7 Å². The standard InChI is InChI=1S/C16H26N4O2.ClH/c1-11-18-15(19-22-11)8-12-4-3-7-20(10-12)16(21)14-6-2-5-13(14)9-17;/h12-14H,2-10,17H2,1H3;1H/t12?,13-,14-;/m1./s1. The van der Waals surface area contributed by atoms with Gasteiger partial charge in [-0.3, -0.25) is 4.79 Å². The zero-order valence-electron chi connectivity index (χ0n) is 13.7. The topological polar surface area (TPSA) is 85.2 Å². The van der Waals surface area contributed by atoms with E-state index in [1.807, 2.05) is 0 Å². The van der Waals surface area contributed by atoms with Crippen LogP contribution < -0.4 is 5.73 Å². The molecule has 3 atom stereocenters. The average Bonchev–Trinajstić information content (AvgIpc) is 3.15. The van der Waals surface area contributed by atoms with E-state index in [4.69, 9.17) is 10.3 Å². The summed E-state index contributed by atoms with van der Waals surface area (Å²) in [4.78, 5) is 19.1. The van der Waals surface area contributed by atoms with Crippen LogP contribution in [0.2, 0.25) is 0 Å². The predicted octanol–water partition coefficient (Wildman–Crippen LogP) is 1.96. The van der Waals surface area contributed by atoms with Gasteiger partial charge in [0, 0.05) is 32.4 Å². The van der Waals surface area contributed by atoms with Crippen molar-refractivity contribution in [3.05, 3.63) is 11.7 Å². The molecule has 1 aliphatic heterocycles. The summed E-state index contributed by atoms with van der Waals surface area (Å²) in [5.74, 6) is 2.66. The Hall–Kier alpha value is -1.14. The fraction of sp³-hybridized carbons (Fsp3) is 0.812. The monoisotopic (exact) mass is 342 g/mol. The van der Waals surface area contributed by atoms with E-state index in [0.717, 1.165) is 57.4 Å². The third-order valence-electron chi connectivity index (χ3n) is 5.15. The first kappa shape index (κ1) is 18.2. The Kier molecular flexibility index (Phi) is 6.41. The number of piperidine rings is 1. The lowest BCUT2D eigenvalue weighted by molar-refractivity contribution is -0.138. The highest BCUT2D eigenvalue weighted by atomic mass is 35.5. The molecule has 1 aromatic rings. The largest absolute Gasteiger partial charge is 0.342 e. The molecular weight excluding hydrogens is 316 g/mol. The van der Waals surface area contributed by atoms with Crippen molar-refractivity contribution in [1.29, 1.82) is 0 Å². The molecule has 2 aliphatic rings. The molecule has 2 heterocycles. The van der Waals surface area contributed by atoms with Gasteiger partial charge < -0.3 is 15.2 Å². The molecule has 1 saturated carbocycles. The summed E-state index contributed by atoms with van der Waals surface area (Å²) in [5, 5.41) is 3.98. The first-order chi connectivity index (χ1) is 10.7. The SMILES string of the molecule is Cc1nc(CC2CCCN(C(=O)[C@@H]3CCC[C@@H]3CN)C2)no1.Cl. The Morgan fingerprint density at radius 3 is 2.87 bits per heavy atom. The van der Waals surface area contributed by atoms with Gasteiger partial charge in [0.2, 0.25) is 11.8 Å². The van der Waals surface area contributed by atoms with E-state index in [0.29, 0.717) is 30.2 Å².